The molecule has 0 atom stereocenters. The average molecular weight is 862 g/mol. The summed E-state index contributed by atoms with van der Waals surface area (Å²) >= 11 is 0. The maximum atomic E-state index is 13.8. The Morgan fingerprint density at radius 1 is 0.500 bits per heavy atom. The van der Waals surface area contributed by atoms with Gasteiger partial charge in [0.2, 0.25) is 11.8 Å². The number of hydrogen-bond acceptors (Lipinski definition) is 7. The van der Waals surface area contributed by atoms with Crippen molar-refractivity contribution in [2.24, 2.45) is 0 Å². The van der Waals surface area contributed by atoms with E-state index in [-0.39, 0.29) is 26.3 Å². The molecule has 8 aromatic rings. The summed E-state index contributed by atoms with van der Waals surface area (Å²) in [5, 5.41) is 5.49. The summed E-state index contributed by atoms with van der Waals surface area (Å²) in [5.41, 5.74) is 8.55. The van der Waals surface area contributed by atoms with Crippen molar-refractivity contribution in [2.45, 2.75) is 46.7 Å². The van der Waals surface area contributed by atoms with Crippen molar-refractivity contribution in [1.29, 1.82) is 0 Å². The lowest BCUT2D eigenvalue weighted by Gasteiger charge is -2.15. The van der Waals surface area contributed by atoms with Crippen LogP contribution < -0.4 is 10.6 Å². The number of anilines is 2. The highest BCUT2D eigenvalue weighted by Crippen LogP contribution is 2.38. The van der Waals surface area contributed by atoms with Gasteiger partial charge in [0.05, 0.1) is 18.4 Å². The van der Waals surface area contributed by atoms with Crippen molar-refractivity contribution in [1.82, 2.24) is 24.9 Å². The largest absolute Gasteiger partial charge is 0.417 e. The average Bonchev–Trinajstić information content (AvgIpc) is 3.31. The van der Waals surface area contributed by atoms with Gasteiger partial charge in [-0.1, -0.05) is 86.6 Å². The van der Waals surface area contributed by atoms with Crippen LogP contribution in [0, 0.1) is 13.8 Å². The zero-order valence-electron chi connectivity index (χ0n) is 35.8. The van der Waals surface area contributed by atoms with Crippen molar-refractivity contribution < 1.29 is 25.6 Å². The molecule has 0 aliphatic carbocycles. The van der Waals surface area contributed by atoms with Crippen molar-refractivity contribution in [2.75, 3.05) is 10.6 Å². The van der Waals surface area contributed by atoms with E-state index in [1.54, 1.807) is 56.1 Å². The topological polar surface area (TPSA) is 123 Å². The molecule has 2 N–H and O–H groups in total. The number of alkyl halides is 3. The summed E-state index contributed by atoms with van der Waals surface area (Å²) < 4.78 is 41.3. The van der Waals surface area contributed by atoms with Crippen LogP contribution in [0.5, 0.6) is 0 Å². The van der Waals surface area contributed by atoms with Gasteiger partial charge in [0.1, 0.15) is 11.6 Å². The van der Waals surface area contributed by atoms with Gasteiger partial charge in [-0.05, 0) is 113 Å². The van der Waals surface area contributed by atoms with E-state index in [1.807, 2.05) is 112 Å². The van der Waals surface area contributed by atoms with E-state index in [2.05, 4.69) is 35.6 Å². The first-order chi connectivity index (χ1) is 31.0. The third-order valence-electron chi connectivity index (χ3n) is 9.67. The molecular formula is C52H50F3N7O2. The van der Waals surface area contributed by atoms with Gasteiger partial charge < -0.3 is 10.6 Å². The Hall–Kier alpha value is -7.86. The minimum Gasteiger partial charge on any atom is -0.310 e. The van der Waals surface area contributed by atoms with Gasteiger partial charge in [-0.2, -0.15) is 13.2 Å². The fraction of sp³-hybridized carbons (Fsp3) is 0.135. The molecule has 0 saturated heterocycles. The zero-order chi connectivity index (χ0) is 45.5. The highest BCUT2D eigenvalue weighted by molar-refractivity contribution is 5.92. The first kappa shape index (κ1) is 45.7. The van der Waals surface area contributed by atoms with Crippen LogP contribution in [0.1, 0.15) is 44.8 Å². The van der Waals surface area contributed by atoms with E-state index >= 15 is 0 Å². The van der Waals surface area contributed by atoms with E-state index in [4.69, 9.17) is 0 Å². The molecule has 0 unspecified atom stereocenters. The highest BCUT2D eigenvalue weighted by Gasteiger charge is 2.34. The fourth-order valence-electron chi connectivity index (χ4n) is 6.63. The van der Waals surface area contributed by atoms with Gasteiger partial charge >= 0.3 is 6.18 Å². The Bertz CT molecular complexity index is 2780. The second kappa shape index (κ2) is 21.8. The molecule has 8 rings (SSSR count). The minimum absolute atomic E-state index is 0. The number of aryl methyl sites for hydroxylation is 2. The summed E-state index contributed by atoms with van der Waals surface area (Å²) in [6.07, 6.45) is 5.69. The van der Waals surface area contributed by atoms with Crippen LogP contribution in [0.25, 0.3) is 44.5 Å². The first-order valence-corrected chi connectivity index (χ1v) is 20.6. The second-order valence-corrected chi connectivity index (χ2v) is 14.4. The van der Waals surface area contributed by atoms with Crippen LogP contribution >= 0.6 is 0 Å². The molecule has 326 valence electrons. The number of carbonyl (C=O) groups excluding carboxylic acids is 2. The Balaban J connectivity index is 0.000000272. The van der Waals surface area contributed by atoms with E-state index in [1.165, 1.54) is 24.4 Å². The van der Waals surface area contributed by atoms with E-state index in [9.17, 15) is 22.8 Å². The zero-order valence-corrected chi connectivity index (χ0v) is 35.8. The van der Waals surface area contributed by atoms with Crippen molar-refractivity contribution in [3.63, 3.8) is 0 Å². The molecule has 0 fully saturated rings. The van der Waals surface area contributed by atoms with Crippen molar-refractivity contribution >= 4 is 23.5 Å². The molecule has 5 aromatic heterocycles. The van der Waals surface area contributed by atoms with Gasteiger partial charge in [-0.15, -0.1) is 0 Å². The van der Waals surface area contributed by atoms with Crippen molar-refractivity contribution in [3.8, 4) is 44.5 Å². The van der Waals surface area contributed by atoms with Gasteiger partial charge in [-0.3, -0.25) is 24.5 Å². The predicted molar refractivity (Wildman–Crippen MR) is 251 cm³/mol. The molecule has 0 radical (unpaired) electrons. The van der Waals surface area contributed by atoms with Crippen LogP contribution in [-0.4, -0.2) is 36.7 Å². The number of nitrogens with one attached hydrogen (secondary N) is 2. The van der Waals surface area contributed by atoms with Crippen LogP contribution in [0.2, 0.25) is 0 Å². The summed E-state index contributed by atoms with van der Waals surface area (Å²) in [6, 6.07) is 39.8. The molecule has 9 nitrogen and oxygen atoms in total. The van der Waals surface area contributed by atoms with Gasteiger partial charge in [-0.25, -0.2) is 9.97 Å². The number of rotatable bonds is 10. The number of nitrogens with zero attached hydrogens (tertiary/aromatic N) is 5. The quantitative estimate of drug-likeness (QED) is 0.140. The molecule has 0 aliphatic rings. The Kier molecular flexibility index (Phi) is 15.5. The van der Waals surface area contributed by atoms with Crippen LogP contribution in [0.15, 0.2) is 171 Å². The van der Waals surface area contributed by atoms with Gasteiger partial charge in [0.25, 0.3) is 0 Å². The molecule has 64 heavy (non-hydrogen) atoms. The standard InChI is InChI=1S/C26H20F3N3O.C24H20N4O.C2H6.2H2/c1-17-13-20(11-12-30-17)22-9-7-18(14-23(22)26(27,28)29)15-25(33)32-24-10-8-21(16-31-24)19-5-3-2-4-6-19;1-17-13-20(10-12-26-17)19-6-4-18(5-7-19)14-24(29)28-23-9-8-22(16-27-23)21-3-2-11-25-15-21;1-2;;/h2-14,16H,15H2,1H3,(H,31,32,33);2-13,15-16H,14H2,1H3,(H,27,28,29);1-2H3;2*1H. The molecule has 0 bridgehead atoms. The van der Waals surface area contributed by atoms with Gasteiger partial charge in [0, 0.05) is 68.1 Å². The smallest absolute Gasteiger partial charge is 0.310 e. The molecule has 5 heterocycles. The van der Waals surface area contributed by atoms with Crippen molar-refractivity contribution in [3.05, 3.63) is 199 Å². The monoisotopic (exact) mass is 861 g/mol. The molecule has 0 spiro atoms. The number of halogens is 3. The molecular weight excluding hydrogens is 812 g/mol. The first-order valence-electron chi connectivity index (χ1n) is 20.6. The summed E-state index contributed by atoms with van der Waals surface area (Å²) in [5.74, 6) is 0.320. The third-order valence-corrected chi connectivity index (χ3v) is 9.67. The lowest BCUT2D eigenvalue weighted by atomic mass is 9.96. The maximum Gasteiger partial charge on any atom is 0.417 e. The molecule has 12 heteroatoms. The number of amides is 2. The lowest BCUT2D eigenvalue weighted by Crippen LogP contribution is -2.16. The number of aromatic nitrogens is 5. The Morgan fingerprint density at radius 3 is 1.55 bits per heavy atom. The Labute approximate surface area is 373 Å². The summed E-state index contributed by atoms with van der Waals surface area (Å²) in [6.45, 7) is 7.69. The number of benzene rings is 3. The third kappa shape index (κ3) is 12.8. The van der Waals surface area contributed by atoms with Gasteiger partial charge in [0.15, 0.2) is 0 Å². The molecule has 2 amide bonds. The van der Waals surface area contributed by atoms with E-state index in [0.29, 0.717) is 29.3 Å². The SMILES string of the molecule is CC.Cc1cc(-c2ccc(CC(=O)Nc3ccc(-c4ccccc4)cn3)cc2C(F)(F)F)ccn1.Cc1cc(-c2ccc(CC(=O)Nc3ccc(-c4cccnc4)cn3)cc2)ccn1.[HH].[HH]. The normalized spacial score (nSPS) is 10.7. The maximum absolute atomic E-state index is 13.8. The predicted octanol–water partition coefficient (Wildman–Crippen LogP) is 12.5. The number of hydrogen-bond donors (Lipinski definition) is 2. The molecule has 0 aliphatic heterocycles. The van der Waals surface area contributed by atoms with Crippen LogP contribution in [0.4, 0.5) is 24.8 Å². The molecule has 0 saturated carbocycles. The second-order valence-electron chi connectivity index (χ2n) is 14.4. The van der Waals surface area contributed by atoms with E-state index in [0.717, 1.165) is 50.7 Å². The van der Waals surface area contributed by atoms with E-state index < -0.39 is 17.6 Å². The lowest BCUT2D eigenvalue weighted by molar-refractivity contribution is -0.137. The van der Waals surface area contributed by atoms with Crippen LogP contribution in [-0.2, 0) is 28.6 Å². The number of carbonyl (C=O) groups is 2. The molecule has 3 aromatic carbocycles. The van der Waals surface area contributed by atoms with Crippen LogP contribution in [0.3, 0.4) is 0 Å². The Morgan fingerprint density at radius 2 is 1.00 bits per heavy atom. The fourth-order valence-corrected chi connectivity index (χ4v) is 6.63. The minimum atomic E-state index is -4.56. The number of pyridine rings is 5. The summed E-state index contributed by atoms with van der Waals surface area (Å²) in [7, 11) is 0. The highest BCUT2D eigenvalue weighted by atomic mass is 19.4. The summed E-state index contributed by atoms with van der Waals surface area (Å²) in [4.78, 5) is 45.8.